The van der Waals surface area contributed by atoms with E-state index >= 15 is 0 Å². The molecule has 0 spiro atoms. The molecule has 7 heteroatoms. The van der Waals surface area contributed by atoms with E-state index in [0.29, 0.717) is 0 Å². The van der Waals surface area contributed by atoms with Gasteiger partial charge in [0, 0.05) is 24.7 Å². The smallest absolute Gasteiger partial charge is 0.294 e. The molecule has 3 N–H and O–H groups in total. The van der Waals surface area contributed by atoms with E-state index in [-0.39, 0.29) is 29.0 Å². The van der Waals surface area contributed by atoms with Crippen LogP contribution in [0.15, 0.2) is 12.1 Å². The third kappa shape index (κ3) is 2.80. The van der Waals surface area contributed by atoms with Gasteiger partial charge in [0.15, 0.2) is 0 Å². The second-order valence-corrected chi connectivity index (χ2v) is 3.73. The lowest BCUT2D eigenvalue weighted by molar-refractivity contribution is -0.384. The minimum Gasteiger partial charge on any atom is -0.376 e. The standard InChI is InChI=1S/C9H11ClFN3O2/c1-5(4-12)13-8-3-7(11)6(10)2-9(8)14(15)16/h2-3,5,13H,4,12H2,1H3. The largest absolute Gasteiger partial charge is 0.376 e. The SMILES string of the molecule is CC(CN)Nc1cc(F)c(Cl)cc1[N+](=O)[O-]. The Balaban J connectivity index is 3.14. The van der Waals surface area contributed by atoms with Crippen LogP contribution >= 0.6 is 11.6 Å². The lowest BCUT2D eigenvalue weighted by atomic mass is 10.2. The zero-order chi connectivity index (χ0) is 12.3. The second kappa shape index (κ2) is 5.09. The molecule has 0 heterocycles. The van der Waals surface area contributed by atoms with E-state index in [2.05, 4.69) is 5.32 Å². The van der Waals surface area contributed by atoms with E-state index in [1.165, 1.54) is 0 Å². The molecule has 1 rings (SSSR count). The monoisotopic (exact) mass is 247 g/mol. The number of nitrogens with zero attached hydrogens (tertiary/aromatic N) is 1. The Bertz CT molecular complexity index is 414. The number of nitro groups is 1. The molecule has 16 heavy (non-hydrogen) atoms. The number of hydrogen-bond donors (Lipinski definition) is 2. The minimum atomic E-state index is -0.709. The Hall–Kier alpha value is -1.40. The Kier molecular flexibility index (Phi) is 4.03. The Morgan fingerprint density at radius 1 is 1.69 bits per heavy atom. The predicted molar refractivity (Wildman–Crippen MR) is 60.2 cm³/mol. The topological polar surface area (TPSA) is 81.2 Å². The van der Waals surface area contributed by atoms with Gasteiger partial charge in [-0.15, -0.1) is 0 Å². The average Bonchev–Trinajstić information content (AvgIpc) is 2.22. The fraction of sp³-hybridized carbons (Fsp3) is 0.333. The Morgan fingerprint density at radius 2 is 2.31 bits per heavy atom. The highest BCUT2D eigenvalue weighted by molar-refractivity contribution is 6.31. The number of nitrogens with two attached hydrogens (primary N) is 1. The van der Waals surface area contributed by atoms with E-state index in [9.17, 15) is 14.5 Å². The van der Waals surface area contributed by atoms with Crippen molar-refractivity contribution in [2.75, 3.05) is 11.9 Å². The third-order valence-corrected chi connectivity index (χ3v) is 2.28. The normalized spacial score (nSPS) is 12.2. The number of hydrogen-bond acceptors (Lipinski definition) is 4. The molecule has 1 atom stereocenters. The maximum Gasteiger partial charge on any atom is 0.294 e. The number of nitro benzene ring substituents is 1. The van der Waals surface area contributed by atoms with Gasteiger partial charge in [-0.2, -0.15) is 0 Å². The summed E-state index contributed by atoms with van der Waals surface area (Å²) in [5.41, 5.74) is 5.16. The molecule has 0 amide bonds. The fourth-order valence-corrected chi connectivity index (χ4v) is 1.29. The quantitative estimate of drug-likeness (QED) is 0.631. The lowest BCUT2D eigenvalue weighted by Crippen LogP contribution is -2.25. The molecular formula is C9H11ClFN3O2. The van der Waals surface area contributed by atoms with Gasteiger partial charge in [-0.3, -0.25) is 10.1 Å². The highest BCUT2D eigenvalue weighted by Gasteiger charge is 2.18. The molecule has 88 valence electrons. The van der Waals surface area contributed by atoms with Gasteiger partial charge in [-0.1, -0.05) is 11.6 Å². The number of halogens is 2. The first kappa shape index (κ1) is 12.7. The highest BCUT2D eigenvalue weighted by atomic mass is 35.5. The van der Waals surface area contributed by atoms with Crippen molar-refractivity contribution in [3.8, 4) is 0 Å². The zero-order valence-corrected chi connectivity index (χ0v) is 9.29. The molecule has 0 saturated carbocycles. The predicted octanol–water partition coefficient (Wildman–Crippen LogP) is 2.15. The number of nitrogens with one attached hydrogen (secondary N) is 1. The molecule has 5 nitrogen and oxygen atoms in total. The van der Waals surface area contributed by atoms with Crippen molar-refractivity contribution in [1.29, 1.82) is 0 Å². The lowest BCUT2D eigenvalue weighted by Gasteiger charge is -2.13. The first-order valence-corrected chi connectivity index (χ1v) is 4.93. The summed E-state index contributed by atoms with van der Waals surface area (Å²) in [6, 6.07) is 1.77. The summed E-state index contributed by atoms with van der Waals surface area (Å²) in [6.45, 7) is 2.01. The number of anilines is 1. The van der Waals surface area contributed by atoms with Gasteiger partial charge in [0.2, 0.25) is 0 Å². The van der Waals surface area contributed by atoms with Gasteiger partial charge in [-0.05, 0) is 6.92 Å². The summed E-state index contributed by atoms with van der Waals surface area (Å²) in [5, 5.41) is 13.2. The Labute approximate surface area is 96.5 Å². The van der Waals surface area contributed by atoms with Crippen LogP contribution in [0.3, 0.4) is 0 Å². The van der Waals surface area contributed by atoms with Crippen molar-refractivity contribution >= 4 is 23.0 Å². The van der Waals surface area contributed by atoms with E-state index in [0.717, 1.165) is 12.1 Å². The molecule has 0 aromatic heterocycles. The van der Waals surface area contributed by atoms with E-state index < -0.39 is 10.7 Å². The molecule has 0 aliphatic carbocycles. The molecule has 1 unspecified atom stereocenters. The minimum absolute atomic E-state index is 0.0739. The van der Waals surface area contributed by atoms with E-state index in [4.69, 9.17) is 17.3 Å². The summed E-state index contributed by atoms with van der Waals surface area (Å²) >= 11 is 5.47. The Morgan fingerprint density at radius 3 is 2.81 bits per heavy atom. The van der Waals surface area contributed by atoms with Crippen LogP contribution in [-0.4, -0.2) is 17.5 Å². The van der Waals surface area contributed by atoms with Crippen molar-refractivity contribution in [3.05, 3.63) is 33.1 Å². The molecule has 1 aromatic carbocycles. The van der Waals surface area contributed by atoms with Gasteiger partial charge in [0.05, 0.1) is 9.95 Å². The molecule has 0 bridgehead atoms. The van der Waals surface area contributed by atoms with Crippen molar-refractivity contribution < 1.29 is 9.31 Å². The summed E-state index contributed by atoms with van der Waals surface area (Å²) in [6.07, 6.45) is 0. The van der Waals surface area contributed by atoms with Gasteiger partial charge in [0.25, 0.3) is 5.69 Å². The van der Waals surface area contributed by atoms with Crippen LogP contribution < -0.4 is 11.1 Å². The highest BCUT2D eigenvalue weighted by Crippen LogP contribution is 2.30. The van der Waals surface area contributed by atoms with Gasteiger partial charge in [0.1, 0.15) is 11.5 Å². The molecule has 0 fully saturated rings. The first-order valence-electron chi connectivity index (χ1n) is 4.55. The molecule has 0 saturated heterocycles. The van der Waals surface area contributed by atoms with Crippen LogP contribution in [0.2, 0.25) is 5.02 Å². The average molecular weight is 248 g/mol. The van der Waals surface area contributed by atoms with Crippen LogP contribution in [0.5, 0.6) is 0 Å². The number of rotatable bonds is 4. The molecule has 0 radical (unpaired) electrons. The van der Waals surface area contributed by atoms with Gasteiger partial charge < -0.3 is 11.1 Å². The van der Waals surface area contributed by atoms with Crippen LogP contribution in [-0.2, 0) is 0 Å². The molecule has 0 aliphatic heterocycles. The van der Waals surface area contributed by atoms with Crippen molar-refractivity contribution in [2.24, 2.45) is 5.73 Å². The molecule has 0 aliphatic rings. The fourth-order valence-electron chi connectivity index (χ4n) is 1.13. The number of benzene rings is 1. The summed E-state index contributed by atoms with van der Waals surface area (Å²) in [5.74, 6) is -0.709. The summed E-state index contributed by atoms with van der Waals surface area (Å²) in [7, 11) is 0. The van der Waals surface area contributed by atoms with Crippen molar-refractivity contribution in [3.63, 3.8) is 0 Å². The zero-order valence-electron chi connectivity index (χ0n) is 8.54. The van der Waals surface area contributed by atoms with Crippen LogP contribution in [0, 0.1) is 15.9 Å². The van der Waals surface area contributed by atoms with Gasteiger partial charge in [-0.25, -0.2) is 4.39 Å². The third-order valence-electron chi connectivity index (χ3n) is 1.99. The maximum absolute atomic E-state index is 13.2. The molecular weight excluding hydrogens is 237 g/mol. The van der Waals surface area contributed by atoms with Crippen LogP contribution in [0.1, 0.15) is 6.92 Å². The second-order valence-electron chi connectivity index (χ2n) is 3.32. The first-order chi connectivity index (χ1) is 7.45. The maximum atomic E-state index is 13.2. The molecule has 1 aromatic rings. The van der Waals surface area contributed by atoms with Crippen LogP contribution in [0.25, 0.3) is 0 Å². The summed E-state index contributed by atoms with van der Waals surface area (Å²) < 4.78 is 13.2. The van der Waals surface area contributed by atoms with Crippen molar-refractivity contribution in [1.82, 2.24) is 0 Å². The summed E-state index contributed by atoms with van der Waals surface area (Å²) in [4.78, 5) is 10.1. The van der Waals surface area contributed by atoms with Gasteiger partial charge >= 0.3 is 0 Å². The van der Waals surface area contributed by atoms with E-state index in [1.807, 2.05) is 0 Å². The van der Waals surface area contributed by atoms with Crippen molar-refractivity contribution in [2.45, 2.75) is 13.0 Å². The van der Waals surface area contributed by atoms with E-state index in [1.54, 1.807) is 6.92 Å². The van der Waals surface area contributed by atoms with Crippen LogP contribution in [0.4, 0.5) is 15.8 Å².